The quantitative estimate of drug-likeness (QED) is 0.844. The molecule has 0 fully saturated rings. The minimum Gasteiger partial charge on any atom is -0.454 e. The van der Waals surface area contributed by atoms with Crippen molar-refractivity contribution >= 4 is 23.0 Å². The van der Waals surface area contributed by atoms with Crippen LogP contribution >= 0.6 is 12.2 Å². The van der Waals surface area contributed by atoms with Crippen LogP contribution in [0.1, 0.15) is 24.1 Å². The summed E-state index contributed by atoms with van der Waals surface area (Å²) in [6, 6.07) is 14.1. The summed E-state index contributed by atoms with van der Waals surface area (Å²) in [5.41, 5.74) is 3.35. The number of anilines is 1. The van der Waals surface area contributed by atoms with Crippen molar-refractivity contribution in [3.05, 3.63) is 53.6 Å². The minimum atomic E-state index is 0.134. The largest absolute Gasteiger partial charge is 0.454 e. The topological polar surface area (TPSA) is 42.5 Å². The van der Waals surface area contributed by atoms with Crippen LogP contribution in [0, 0.1) is 6.92 Å². The van der Waals surface area contributed by atoms with E-state index in [1.807, 2.05) is 30.3 Å². The molecule has 0 aliphatic carbocycles. The van der Waals surface area contributed by atoms with Gasteiger partial charge in [0.05, 0.1) is 6.04 Å². The number of aryl methyl sites for hydroxylation is 1. The van der Waals surface area contributed by atoms with Crippen molar-refractivity contribution in [1.29, 1.82) is 0 Å². The van der Waals surface area contributed by atoms with Crippen LogP contribution in [0.2, 0.25) is 0 Å². The summed E-state index contributed by atoms with van der Waals surface area (Å²) in [6.07, 6.45) is 0. The highest BCUT2D eigenvalue weighted by Crippen LogP contribution is 2.34. The molecule has 0 spiro atoms. The zero-order valence-corrected chi connectivity index (χ0v) is 13.4. The summed E-state index contributed by atoms with van der Waals surface area (Å²) in [5, 5.41) is 7.06. The van der Waals surface area contributed by atoms with Crippen molar-refractivity contribution in [3.8, 4) is 11.5 Å². The lowest BCUT2D eigenvalue weighted by Crippen LogP contribution is -2.31. The Morgan fingerprint density at radius 3 is 2.73 bits per heavy atom. The number of benzene rings is 2. The molecular weight excluding hydrogens is 296 g/mol. The first-order valence-corrected chi connectivity index (χ1v) is 7.57. The molecule has 0 aromatic heterocycles. The first-order chi connectivity index (χ1) is 10.6. The molecule has 2 N–H and O–H groups in total. The summed E-state index contributed by atoms with van der Waals surface area (Å²) >= 11 is 5.39. The lowest BCUT2D eigenvalue weighted by atomic mass is 10.0. The fourth-order valence-electron chi connectivity index (χ4n) is 2.49. The lowest BCUT2D eigenvalue weighted by Gasteiger charge is -2.19. The van der Waals surface area contributed by atoms with Crippen molar-refractivity contribution in [3.63, 3.8) is 0 Å². The van der Waals surface area contributed by atoms with Gasteiger partial charge in [-0.1, -0.05) is 24.3 Å². The molecule has 0 saturated heterocycles. The number of thiocarbonyl (C=S) groups is 1. The van der Waals surface area contributed by atoms with E-state index in [1.165, 1.54) is 11.1 Å². The fourth-order valence-corrected chi connectivity index (χ4v) is 2.78. The van der Waals surface area contributed by atoms with Gasteiger partial charge in [0.2, 0.25) is 6.79 Å². The molecule has 0 amide bonds. The number of fused-ring (bicyclic) bond motifs is 1. The van der Waals surface area contributed by atoms with Crippen LogP contribution in [0.3, 0.4) is 0 Å². The molecule has 5 heteroatoms. The van der Waals surface area contributed by atoms with Crippen LogP contribution in [0.4, 0.5) is 5.69 Å². The summed E-state index contributed by atoms with van der Waals surface area (Å²) < 4.78 is 10.7. The first-order valence-electron chi connectivity index (χ1n) is 7.16. The fraction of sp³-hybridized carbons (Fsp3) is 0.235. The second-order valence-corrected chi connectivity index (χ2v) is 5.65. The molecule has 4 nitrogen and oxygen atoms in total. The van der Waals surface area contributed by atoms with E-state index in [2.05, 4.69) is 36.6 Å². The summed E-state index contributed by atoms with van der Waals surface area (Å²) in [5.74, 6) is 1.50. The Balaban J connectivity index is 1.64. The lowest BCUT2D eigenvalue weighted by molar-refractivity contribution is 0.174. The van der Waals surface area contributed by atoms with Crippen LogP contribution in [0.15, 0.2) is 42.5 Å². The molecule has 1 aliphatic heterocycles. The second-order valence-electron chi connectivity index (χ2n) is 5.24. The number of hydrogen-bond acceptors (Lipinski definition) is 3. The molecule has 1 atom stereocenters. The third-order valence-electron chi connectivity index (χ3n) is 3.63. The zero-order valence-electron chi connectivity index (χ0n) is 12.6. The summed E-state index contributed by atoms with van der Waals surface area (Å²) in [6.45, 7) is 4.46. The van der Waals surface area contributed by atoms with Crippen LogP contribution in [0.5, 0.6) is 11.5 Å². The standard InChI is InChI=1S/C17H18N2O2S/c1-11-5-3-4-6-14(11)12(2)18-17(22)19-13-7-8-15-16(9-13)21-10-20-15/h3-9,12H,10H2,1-2H3,(H2,18,19,22)/t12-/m0/s1. The van der Waals surface area contributed by atoms with Crippen molar-refractivity contribution in [2.75, 3.05) is 12.1 Å². The van der Waals surface area contributed by atoms with Crippen molar-refractivity contribution in [2.24, 2.45) is 0 Å². The van der Waals surface area contributed by atoms with Crippen LogP contribution < -0.4 is 20.1 Å². The van der Waals surface area contributed by atoms with Crippen LogP contribution in [0.25, 0.3) is 0 Å². The van der Waals surface area contributed by atoms with Gasteiger partial charge in [0, 0.05) is 11.8 Å². The molecule has 114 valence electrons. The molecule has 0 unspecified atom stereocenters. The molecule has 0 bridgehead atoms. The molecule has 1 aliphatic rings. The molecule has 22 heavy (non-hydrogen) atoms. The average Bonchev–Trinajstić information content (AvgIpc) is 2.95. The van der Waals surface area contributed by atoms with Gasteiger partial charge in [0.1, 0.15) is 0 Å². The molecule has 0 saturated carbocycles. The van der Waals surface area contributed by atoms with Crippen molar-refractivity contribution < 1.29 is 9.47 Å². The number of nitrogens with one attached hydrogen (secondary N) is 2. The van der Waals surface area contributed by atoms with Gasteiger partial charge in [0.15, 0.2) is 16.6 Å². The highest BCUT2D eigenvalue weighted by molar-refractivity contribution is 7.80. The van der Waals surface area contributed by atoms with Gasteiger partial charge in [-0.05, 0) is 49.3 Å². The van der Waals surface area contributed by atoms with Gasteiger partial charge in [0.25, 0.3) is 0 Å². The predicted octanol–water partition coefficient (Wildman–Crippen LogP) is 3.77. The van der Waals surface area contributed by atoms with E-state index in [-0.39, 0.29) is 12.8 Å². The highest BCUT2D eigenvalue weighted by atomic mass is 32.1. The van der Waals surface area contributed by atoms with Gasteiger partial charge in [-0.25, -0.2) is 0 Å². The van der Waals surface area contributed by atoms with Crippen LogP contribution in [-0.2, 0) is 0 Å². The zero-order chi connectivity index (χ0) is 15.5. The van der Waals surface area contributed by atoms with Crippen molar-refractivity contribution in [2.45, 2.75) is 19.9 Å². The number of ether oxygens (including phenoxy) is 2. The van der Waals surface area contributed by atoms with E-state index in [4.69, 9.17) is 21.7 Å². The first kappa shape index (κ1) is 14.7. The smallest absolute Gasteiger partial charge is 0.231 e. The average molecular weight is 314 g/mol. The normalized spacial score (nSPS) is 13.5. The van der Waals surface area contributed by atoms with Gasteiger partial charge in [-0.3, -0.25) is 0 Å². The van der Waals surface area contributed by atoms with Gasteiger partial charge in [-0.15, -0.1) is 0 Å². The Morgan fingerprint density at radius 1 is 1.14 bits per heavy atom. The van der Waals surface area contributed by atoms with E-state index in [0.29, 0.717) is 5.11 Å². The van der Waals surface area contributed by atoms with Gasteiger partial charge in [-0.2, -0.15) is 0 Å². The monoisotopic (exact) mass is 314 g/mol. The van der Waals surface area contributed by atoms with Gasteiger partial charge >= 0.3 is 0 Å². The second kappa shape index (κ2) is 6.23. The maximum Gasteiger partial charge on any atom is 0.231 e. The molecule has 3 rings (SSSR count). The van der Waals surface area contributed by atoms with E-state index >= 15 is 0 Å². The molecule has 0 radical (unpaired) electrons. The van der Waals surface area contributed by atoms with Gasteiger partial charge < -0.3 is 20.1 Å². The predicted molar refractivity (Wildman–Crippen MR) is 91.5 cm³/mol. The molecule has 2 aromatic rings. The summed E-state index contributed by atoms with van der Waals surface area (Å²) in [4.78, 5) is 0. The molecule has 1 heterocycles. The minimum absolute atomic E-state index is 0.134. The van der Waals surface area contributed by atoms with E-state index in [1.54, 1.807) is 0 Å². The Hall–Kier alpha value is -2.27. The number of rotatable bonds is 3. The Morgan fingerprint density at radius 2 is 1.91 bits per heavy atom. The highest BCUT2D eigenvalue weighted by Gasteiger charge is 2.14. The summed E-state index contributed by atoms with van der Waals surface area (Å²) in [7, 11) is 0. The molecule has 2 aromatic carbocycles. The third kappa shape index (κ3) is 3.14. The Kier molecular flexibility index (Phi) is 4.15. The third-order valence-corrected chi connectivity index (χ3v) is 3.85. The van der Waals surface area contributed by atoms with E-state index in [9.17, 15) is 0 Å². The van der Waals surface area contributed by atoms with Crippen molar-refractivity contribution in [1.82, 2.24) is 5.32 Å². The van der Waals surface area contributed by atoms with E-state index in [0.717, 1.165) is 17.2 Å². The maximum absolute atomic E-state index is 5.39. The van der Waals surface area contributed by atoms with Crippen LogP contribution in [-0.4, -0.2) is 11.9 Å². The SMILES string of the molecule is Cc1ccccc1[C@H](C)NC(=S)Nc1ccc2c(c1)OCO2. The molecular formula is C17H18N2O2S. The Bertz CT molecular complexity index is 703. The van der Waals surface area contributed by atoms with E-state index < -0.39 is 0 Å². The number of hydrogen-bond donors (Lipinski definition) is 2. The maximum atomic E-state index is 5.39. The Labute approximate surface area is 135 Å².